The van der Waals surface area contributed by atoms with Crippen LogP contribution in [0.5, 0.6) is 11.6 Å². The Morgan fingerprint density at radius 2 is 2.06 bits per heavy atom. The van der Waals surface area contributed by atoms with Crippen LogP contribution in [0.3, 0.4) is 0 Å². The number of nitrogens with one attached hydrogen (secondary N) is 1. The number of nitrogens with zero attached hydrogens (tertiary/aromatic N) is 1. The minimum Gasteiger partial charge on any atom is -0.439 e. The van der Waals surface area contributed by atoms with E-state index in [9.17, 15) is 0 Å². The second-order valence-electron chi connectivity index (χ2n) is 3.69. The number of aromatic nitrogens is 1. The van der Waals surface area contributed by atoms with Crippen molar-refractivity contribution in [1.29, 1.82) is 0 Å². The minimum atomic E-state index is 0.486. The average molecular weight is 245 g/mol. The molecule has 3 N–H and O–H groups in total. The van der Waals surface area contributed by atoms with Gasteiger partial charge in [0.15, 0.2) is 0 Å². The van der Waals surface area contributed by atoms with E-state index in [1.807, 2.05) is 30.3 Å². The predicted molar refractivity (Wildman–Crippen MR) is 69.3 cm³/mol. The number of hydrogen-bond acceptors (Lipinski definition) is 5. The summed E-state index contributed by atoms with van der Waals surface area (Å²) in [5, 5.41) is 0. The van der Waals surface area contributed by atoms with E-state index in [-0.39, 0.29) is 0 Å². The summed E-state index contributed by atoms with van der Waals surface area (Å²) in [6.07, 6.45) is 0. The molecule has 0 bridgehead atoms. The van der Waals surface area contributed by atoms with Crippen LogP contribution in [0.25, 0.3) is 0 Å². The summed E-state index contributed by atoms with van der Waals surface area (Å²) in [4.78, 5) is 4.17. The van der Waals surface area contributed by atoms with E-state index in [2.05, 4.69) is 10.4 Å². The first-order valence-electron chi connectivity index (χ1n) is 5.51. The maximum atomic E-state index is 5.65. The van der Waals surface area contributed by atoms with Gasteiger partial charge in [0.05, 0.1) is 6.61 Å². The van der Waals surface area contributed by atoms with Gasteiger partial charge < -0.3 is 14.9 Å². The number of ether oxygens (including phenoxy) is 2. The Kier molecular flexibility index (Phi) is 4.11. The molecule has 0 saturated carbocycles. The molecule has 0 amide bonds. The summed E-state index contributed by atoms with van der Waals surface area (Å²) >= 11 is 0. The first kappa shape index (κ1) is 12.3. The van der Waals surface area contributed by atoms with Crippen molar-refractivity contribution < 1.29 is 9.47 Å². The van der Waals surface area contributed by atoms with Gasteiger partial charge in [0.1, 0.15) is 11.6 Å². The largest absolute Gasteiger partial charge is 0.439 e. The van der Waals surface area contributed by atoms with E-state index >= 15 is 0 Å². The molecule has 1 aromatic carbocycles. The van der Waals surface area contributed by atoms with Crippen molar-refractivity contribution in [3.63, 3.8) is 0 Å². The van der Waals surface area contributed by atoms with E-state index in [4.69, 9.17) is 15.3 Å². The molecule has 1 heterocycles. The molecule has 0 aliphatic rings. The van der Waals surface area contributed by atoms with Crippen LogP contribution in [-0.2, 0) is 11.3 Å². The molecule has 0 spiro atoms. The van der Waals surface area contributed by atoms with Crippen LogP contribution < -0.4 is 16.0 Å². The zero-order chi connectivity index (χ0) is 12.8. The molecule has 2 aromatic rings. The normalized spacial score (nSPS) is 10.1. The van der Waals surface area contributed by atoms with Crippen LogP contribution >= 0.6 is 0 Å². The molecular weight excluding hydrogens is 230 g/mol. The third-order valence-electron chi connectivity index (χ3n) is 2.30. The van der Waals surface area contributed by atoms with E-state index < -0.39 is 0 Å². The Morgan fingerprint density at radius 3 is 2.83 bits per heavy atom. The molecule has 0 unspecified atom stereocenters. The number of rotatable bonds is 5. The number of hydrogen-bond donors (Lipinski definition) is 2. The summed E-state index contributed by atoms with van der Waals surface area (Å²) < 4.78 is 10.7. The SMILES string of the molecule is COCc1cccc(Oc2cccc(NN)n2)c1. The van der Waals surface area contributed by atoms with Gasteiger partial charge in [0, 0.05) is 13.2 Å². The van der Waals surface area contributed by atoms with Crippen LogP contribution in [0.2, 0.25) is 0 Å². The van der Waals surface area contributed by atoms with Gasteiger partial charge in [-0.25, -0.2) is 5.84 Å². The number of pyridine rings is 1. The number of nitrogen functional groups attached to an aromatic ring is 1. The smallest absolute Gasteiger partial charge is 0.221 e. The number of anilines is 1. The van der Waals surface area contributed by atoms with Crippen LogP contribution in [0.1, 0.15) is 5.56 Å². The van der Waals surface area contributed by atoms with Gasteiger partial charge in [-0.2, -0.15) is 4.98 Å². The molecule has 5 heteroatoms. The summed E-state index contributed by atoms with van der Waals surface area (Å²) in [6.45, 7) is 0.551. The second kappa shape index (κ2) is 6.00. The van der Waals surface area contributed by atoms with Gasteiger partial charge in [0.25, 0.3) is 0 Å². The maximum absolute atomic E-state index is 5.65. The molecule has 0 saturated heterocycles. The summed E-state index contributed by atoms with van der Waals surface area (Å²) in [7, 11) is 1.66. The van der Waals surface area contributed by atoms with Gasteiger partial charge in [0.2, 0.25) is 5.88 Å². The highest BCUT2D eigenvalue weighted by Gasteiger charge is 2.01. The lowest BCUT2D eigenvalue weighted by Gasteiger charge is -2.07. The van der Waals surface area contributed by atoms with Gasteiger partial charge in [-0.3, -0.25) is 0 Å². The quantitative estimate of drug-likeness (QED) is 0.625. The Morgan fingerprint density at radius 1 is 1.22 bits per heavy atom. The van der Waals surface area contributed by atoms with Crippen molar-refractivity contribution in [2.24, 2.45) is 5.84 Å². The Bertz CT molecular complexity index is 517. The van der Waals surface area contributed by atoms with Crippen LogP contribution in [0, 0.1) is 0 Å². The molecule has 94 valence electrons. The number of methoxy groups -OCH3 is 1. The van der Waals surface area contributed by atoms with Crippen LogP contribution in [0.4, 0.5) is 5.82 Å². The first-order valence-corrected chi connectivity index (χ1v) is 5.51. The lowest BCUT2D eigenvalue weighted by atomic mass is 10.2. The lowest BCUT2D eigenvalue weighted by molar-refractivity contribution is 0.184. The van der Waals surface area contributed by atoms with Gasteiger partial charge in [-0.1, -0.05) is 18.2 Å². The molecular formula is C13H15N3O2. The Balaban J connectivity index is 2.14. The summed E-state index contributed by atoms with van der Waals surface area (Å²) in [6, 6.07) is 13.0. The highest BCUT2D eigenvalue weighted by atomic mass is 16.5. The minimum absolute atomic E-state index is 0.486. The standard InChI is InChI=1S/C13H15N3O2/c1-17-9-10-4-2-5-11(8-10)18-13-7-3-6-12(15-13)16-14/h2-8H,9,14H2,1H3,(H,15,16). The number of hydrazine groups is 1. The van der Waals surface area contributed by atoms with Crippen molar-refractivity contribution in [2.45, 2.75) is 6.61 Å². The van der Waals surface area contributed by atoms with Crippen LogP contribution in [0.15, 0.2) is 42.5 Å². The molecule has 2 rings (SSSR count). The molecule has 0 atom stereocenters. The Labute approximate surface area is 106 Å². The molecule has 18 heavy (non-hydrogen) atoms. The van der Waals surface area contributed by atoms with Crippen molar-refractivity contribution in [2.75, 3.05) is 12.5 Å². The molecule has 0 aliphatic heterocycles. The predicted octanol–water partition coefficient (Wildman–Crippen LogP) is 2.31. The van der Waals surface area contributed by atoms with E-state index in [0.29, 0.717) is 24.1 Å². The van der Waals surface area contributed by atoms with Crippen molar-refractivity contribution in [3.05, 3.63) is 48.0 Å². The topological polar surface area (TPSA) is 69.4 Å². The van der Waals surface area contributed by atoms with Crippen molar-refractivity contribution >= 4 is 5.82 Å². The molecule has 0 radical (unpaired) electrons. The highest BCUT2D eigenvalue weighted by molar-refractivity contribution is 5.37. The molecule has 5 nitrogen and oxygen atoms in total. The van der Waals surface area contributed by atoms with Crippen LogP contribution in [-0.4, -0.2) is 12.1 Å². The monoisotopic (exact) mass is 245 g/mol. The summed E-state index contributed by atoms with van der Waals surface area (Å²) in [5.74, 6) is 7.05. The Hall–Kier alpha value is -2.11. The average Bonchev–Trinajstić information content (AvgIpc) is 2.40. The zero-order valence-electron chi connectivity index (χ0n) is 10.1. The van der Waals surface area contributed by atoms with E-state index in [1.165, 1.54) is 0 Å². The van der Waals surface area contributed by atoms with E-state index in [0.717, 1.165) is 5.56 Å². The van der Waals surface area contributed by atoms with Gasteiger partial charge in [-0.05, 0) is 23.8 Å². The molecule has 1 aromatic heterocycles. The van der Waals surface area contributed by atoms with Crippen molar-refractivity contribution in [1.82, 2.24) is 4.98 Å². The maximum Gasteiger partial charge on any atom is 0.221 e. The summed E-state index contributed by atoms with van der Waals surface area (Å²) in [5.41, 5.74) is 3.52. The fourth-order valence-electron chi connectivity index (χ4n) is 1.54. The lowest BCUT2D eigenvalue weighted by Crippen LogP contribution is -2.08. The third-order valence-corrected chi connectivity index (χ3v) is 2.30. The third kappa shape index (κ3) is 3.19. The highest BCUT2D eigenvalue weighted by Crippen LogP contribution is 2.21. The second-order valence-corrected chi connectivity index (χ2v) is 3.69. The zero-order valence-corrected chi connectivity index (χ0v) is 10.1. The number of nitrogens with two attached hydrogens (primary N) is 1. The van der Waals surface area contributed by atoms with Gasteiger partial charge >= 0.3 is 0 Å². The van der Waals surface area contributed by atoms with E-state index in [1.54, 1.807) is 19.2 Å². The number of benzene rings is 1. The van der Waals surface area contributed by atoms with Crippen molar-refractivity contribution in [3.8, 4) is 11.6 Å². The van der Waals surface area contributed by atoms with Gasteiger partial charge in [-0.15, -0.1) is 0 Å². The molecule has 0 fully saturated rings. The fourth-order valence-corrected chi connectivity index (χ4v) is 1.54. The molecule has 0 aliphatic carbocycles. The fraction of sp³-hybridized carbons (Fsp3) is 0.154. The first-order chi connectivity index (χ1) is 8.81.